The Balaban J connectivity index is 1.54. The van der Waals surface area contributed by atoms with Crippen molar-refractivity contribution in [2.24, 2.45) is 0 Å². The van der Waals surface area contributed by atoms with E-state index < -0.39 is 5.91 Å². The van der Waals surface area contributed by atoms with Crippen LogP contribution in [0.25, 0.3) is 6.08 Å². The zero-order valence-electron chi connectivity index (χ0n) is 18.6. The molecule has 4 rings (SSSR count). The summed E-state index contributed by atoms with van der Waals surface area (Å²) in [4.78, 5) is 26.8. The molecule has 1 saturated heterocycles. The van der Waals surface area contributed by atoms with Crippen molar-refractivity contribution in [3.05, 3.63) is 97.6 Å². The van der Waals surface area contributed by atoms with E-state index in [1.165, 1.54) is 12.1 Å². The average molecular weight is 577 g/mol. The van der Waals surface area contributed by atoms with Gasteiger partial charge in [-0.15, -0.1) is 0 Å². The summed E-state index contributed by atoms with van der Waals surface area (Å²) in [5.74, 6) is 0.261. The Hall–Kier alpha value is -2.81. The second-order valence-electron chi connectivity index (χ2n) is 7.57. The molecule has 0 atom stereocenters. The molecule has 1 aliphatic rings. The Morgan fingerprint density at radius 1 is 1.03 bits per heavy atom. The van der Waals surface area contributed by atoms with Crippen LogP contribution >= 0.6 is 39.3 Å². The zero-order valence-corrected chi connectivity index (χ0v) is 21.8. The molecule has 0 radical (unpaired) electrons. The van der Waals surface area contributed by atoms with Gasteiger partial charge in [0.05, 0.1) is 22.5 Å². The van der Waals surface area contributed by atoms with Gasteiger partial charge in [-0.2, -0.15) is 0 Å². The minimum atomic E-state index is -0.401. The number of carbonyl (C=O) groups is 2. The first kappa shape index (κ1) is 25.3. The molecule has 1 aliphatic heterocycles. The molecule has 9 heteroatoms. The third-order valence-corrected chi connectivity index (χ3v) is 6.80. The van der Waals surface area contributed by atoms with Gasteiger partial charge in [-0.1, -0.05) is 35.9 Å². The van der Waals surface area contributed by atoms with Crippen molar-refractivity contribution < 1.29 is 23.5 Å². The minimum Gasteiger partial charge on any atom is -0.490 e. The van der Waals surface area contributed by atoms with E-state index in [0.29, 0.717) is 50.2 Å². The van der Waals surface area contributed by atoms with Gasteiger partial charge < -0.3 is 9.47 Å². The molecular weight excluding hydrogens is 557 g/mol. The van der Waals surface area contributed by atoms with Crippen molar-refractivity contribution in [1.29, 1.82) is 0 Å². The van der Waals surface area contributed by atoms with Gasteiger partial charge in [0.25, 0.3) is 11.1 Å². The van der Waals surface area contributed by atoms with Crippen LogP contribution in [0, 0.1) is 5.82 Å². The molecule has 0 N–H and O–H groups in total. The van der Waals surface area contributed by atoms with Crippen LogP contribution in [0.3, 0.4) is 0 Å². The van der Waals surface area contributed by atoms with E-state index in [1.54, 1.807) is 42.5 Å². The lowest BCUT2D eigenvalue weighted by Gasteiger charge is -2.15. The van der Waals surface area contributed by atoms with E-state index in [1.807, 2.05) is 19.1 Å². The number of nitrogens with zero attached hydrogens (tertiary/aromatic N) is 1. The topological polar surface area (TPSA) is 55.8 Å². The number of rotatable bonds is 8. The number of amides is 2. The van der Waals surface area contributed by atoms with E-state index in [2.05, 4.69) is 15.9 Å². The molecule has 180 valence electrons. The van der Waals surface area contributed by atoms with Crippen LogP contribution in [-0.4, -0.2) is 22.7 Å². The molecule has 5 nitrogen and oxygen atoms in total. The molecule has 0 saturated carbocycles. The monoisotopic (exact) mass is 575 g/mol. The number of benzene rings is 3. The first-order valence-corrected chi connectivity index (χ1v) is 12.7. The summed E-state index contributed by atoms with van der Waals surface area (Å²) in [6.07, 6.45) is 1.64. The van der Waals surface area contributed by atoms with Crippen LogP contribution < -0.4 is 9.47 Å². The Morgan fingerprint density at radius 2 is 1.71 bits per heavy atom. The van der Waals surface area contributed by atoms with Crippen LogP contribution in [0.5, 0.6) is 11.5 Å². The molecule has 0 bridgehead atoms. The third kappa shape index (κ3) is 6.25. The van der Waals surface area contributed by atoms with Crippen LogP contribution in [0.1, 0.15) is 23.6 Å². The van der Waals surface area contributed by atoms with Crippen molar-refractivity contribution in [2.45, 2.75) is 20.1 Å². The van der Waals surface area contributed by atoms with Gasteiger partial charge in [-0.05, 0) is 93.8 Å². The maximum Gasteiger partial charge on any atom is 0.293 e. The second-order valence-corrected chi connectivity index (χ2v) is 9.86. The highest BCUT2D eigenvalue weighted by Crippen LogP contribution is 2.40. The van der Waals surface area contributed by atoms with Crippen molar-refractivity contribution >= 4 is 56.5 Å². The van der Waals surface area contributed by atoms with E-state index in [-0.39, 0.29) is 17.6 Å². The molecule has 2 amide bonds. The molecule has 0 unspecified atom stereocenters. The summed E-state index contributed by atoms with van der Waals surface area (Å²) < 4.78 is 25.6. The second kappa shape index (κ2) is 11.3. The molecule has 0 spiro atoms. The van der Waals surface area contributed by atoms with Gasteiger partial charge in [0.2, 0.25) is 0 Å². The normalized spacial score (nSPS) is 14.6. The van der Waals surface area contributed by atoms with Gasteiger partial charge in [-0.3, -0.25) is 14.5 Å². The van der Waals surface area contributed by atoms with Gasteiger partial charge in [0.15, 0.2) is 11.5 Å². The predicted octanol–water partition coefficient (Wildman–Crippen LogP) is 7.46. The van der Waals surface area contributed by atoms with Crippen LogP contribution in [0.2, 0.25) is 5.02 Å². The van der Waals surface area contributed by atoms with Gasteiger partial charge >= 0.3 is 0 Å². The highest BCUT2D eigenvalue weighted by molar-refractivity contribution is 9.10. The molecular formula is C26H20BrClFNO4S. The first-order chi connectivity index (χ1) is 16.8. The Labute approximate surface area is 220 Å². The maximum absolute atomic E-state index is 13.2. The summed E-state index contributed by atoms with van der Waals surface area (Å²) in [6.45, 7) is 2.68. The molecule has 1 fully saturated rings. The number of thioether (sulfide) groups is 1. The third-order valence-electron chi connectivity index (χ3n) is 5.05. The molecule has 0 aromatic heterocycles. The largest absolute Gasteiger partial charge is 0.490 e. The fourth-order valence-corrected chi connectivity index (χ4v) is 4.91. The summed E-state index contributed by atoms with van der Waals surface area (Å²) >= 11 is 10.3. The highest BCUT2D eigenvalue weighted by atomic mass is 79.9. The summed E-state index contributed by atoms with van der Waals surface area (Å²) in [7, 11) is 0. The van der Waals surface area contributed by atoms with E-state index in [9.17, 15) is 14.0 Å². The smallest absolute Gasteiger partial charge is 0.293 e. The molecule has 0 aliphatic carbocycles. The van der Waals surface area contributed by atoms with Gasteiger partial charge in [-0.25, -0.2) is 4.39 Å². The highest BCUT2D eigenvalue weighted by Gasteiger charge is 2.35. The van der Waals surface area contributed by atoms with Crippen molar-refractivity contribution in [1.82, 2.24) is 4.90 Å². The lowest BCUT2D eigenvalue weighted by molar-refractivity contribution is -0.123. The molecule has 35 heavy (non-hydrogen) atoms. The quantitative estimate of drug-likeness (QED) is 0.261. The number of ether oxygens (including phenoxy) is 2. The van der Waals surface area contributed by atoms with Crippen molar-refractivity contribution in [2.75, 3.05) is 6.61 Å². The number of hydrogen-bond donors (Lipinski definition) is 0. The summed E-state index contributed by atoms with van der Waals surface area (Å²) in [5.41, 5.74) is 2.28. The Morgan fingerprint density at radius 3 is 2.40 bits per heavy atom. The molecule has 3 aromatic rings. The Kier molecular flexibility index (Phi) is 8.15. The average Bonchev–Trinajstić information content (AvgIpc) is 3.08. The van der Waals surface area contributed by atoms with E-state index >= 15 is 0 Å². The van der Waals surface area contributed by atoms with E-state index in [4.69, 9.17) is 21.1 Å². The lowest BCUT2D eigenvalue weighted by Crippen LogP contribution is -2.27. The maximum atomic E-state index is 13.2. The standard InChI is InChI=1S/C26H20BrClFNO4S/c1-2-33-22-12-18(11-21(27)24(22)34-15-17-3-7-19(28)8-4-17)13-23-25(31)30(26(32)35-23)14-16-5-9-20(29)10-6-16/h3-13H,2,14-15H2,1H3/b23-13-. The summed E-state index contributed by atoms with van der Waals surface area (Å²) in [5, 5.41) is 0.272. The zero-order chi connectivity index (χ0) is 24.9. The number of halogens is 3. The van der Waals surface area contributed by atoms with Gasteiger partial charge in [0.1, 0.15) is 12.4 Å². The Bertz CT molecular complexity index is 1280. The SMILES string of the molecule is CCOc1cc(/C=C2\SC(=O)N(Cc3ccc(F)cc3)C2=O)cc(Br)c1OCc1ccc(Cl)cc1. The number of carbonyl (C=O) groups excluding carboxylic acids is 2. The minimum absolute atomic E-state index is 0.0770. The molecule has 3 aromatic carbocycles. The fourth-order valence-electron chi connectivity index (χ4n) is 3.37. The van der Waals surface area contributed by atoms with Crippen LogP contribution in [-0.2, 0) is 17.9 Å². The van der Waals surface area contributed by atoms with Gasteiger partial charge in [0, 0.05) is 5.02 Å². The van der Waals surface area contributed by atoms with Crippen molar-refractivity contribution in [3.63, 3.8) is 0 Å². The van der Waals surface area contributed by atoms with Crippen molar-refractivity contribution in [3.8, 4) is 11.5 Å². The number of imide groups is 1. The fraction of sp³-hybridized carbons (Fsp3) is 0.154. The lowest BCUT2D eigenvalue weighted by atomic mass is 10.1. The summed E-state index contributed by atoms with van der Waals surface area (Å²) in [6, 6.07) is 16.6. The first-order valence-electron chi connectivity index (χ1n) is 10.7. The van der Waals surface area contributed by atoms with E-state index in [0.717, 1.165) is 22.2 Å². The van der Waals surface area contributed by atoms with Crippen LogP contribution in [0.15, 0.2) is 70.0 Å². The van der Waals surface area contributed by atoms with Crippen LogP contribution in [0.4, 0.5) is 9.18 Å². The molecule has 1 heterocycles. The number of hydrogen-bond acceptors (Lipinski definition) is 5. The predicted molar refractivity (Wildman–Crippen MR) is 139 cm³/mol.